The number of carbonyl (C=O) groups is 2. The first-order valence-electron chi connectivity index (χ1n) is 5.43. The standard InChI is InChI=1S/C12H14BrNO4/c1-3-14-11(15)7(2)18-10-6-8(12(16)17)4-5-9(10)13/h4-7H,3H2,1-2H3,(H,14,15)(H,16,17). The SMILES string of the molecule is CCNC(=O)C(C)Oc1cc(C(=O)O)ccc1Br. The normalized spacial score (nSPS) is 11.7. The molecule has 0 fully saturated rings. The molecular weight excluding hydrogens is 302 g/mol. The van der Waals surface area contributed by atoms with Crippen molar-refractivity contribution in [3.05, 3.63) is 28.2 Å². The molecule has 18 heavy (non-hydrogen) atoms. The third kappa shape index (κ3) is 3.73. The van der Waals surface area contributed by atoms with Crippen LogP contribution in [-0.2, 0) is 4.79 Å². The molecule has 2 N–H and O–H groups in total. The molecule has 0 spiro atoms. The van der Waals surface area contributed by atoms with Gasteiger partial charge in [0, 0.05) is 6.54 Å². The smallest absolute Gasteiger partial charge is 0.335 e. The van der Waals surface area contributed by atoms with E-state index in [1.807, 2.05) is 6.92 Å². The van der Waals surface area contributed by atoms with Crippen molar-refractivity contribution in [3.63, 3.8) is 0 Å². The first-order valence-corrected chi connectivity index (χ1v) is 6.22. The fourth-order valence-corrected chi connectivity index (χ4v) is 1.63. The van der Waals surface area contributed by atoms with Crippen LogP contribution < -0.4 is 10.1 Å². The van der Waals surface area contributed by atoms with E-state index in [9.17, 15) is 9.59 Å². The predicted octanol–water partition coefficient (Wildman–Crippen LogP) is 2.05. The van der Waals surface area contributed by atoms with Crippen molar-refractivity contribution in [1.82, 2.24) is 5.32 Å². The highest BCUT2D eigenvalue weighted by atomic mass is 79.9. The number of carboxylic acids is 1. The molecule has 0 radical (unpaired) electrons. The maximum absolute atomic E-state index is 11.5. The van der Waals surface area contributed by atoms with Crippen LogP contribution in [0.1, 0.15) is 24.2 Å². The van der Waals surface area contributed by atoms with Gasteiger partial charge in [0.15, 0.2) is 6.10 Å². The van der Waals surface area contributed by atoms with Gasteiger partial charge in [-0.3, -0.25) is 4.79 Å². The summed E-state index contributed by atoms with van der Waals surface area (Å²) in [4.78, 5) is 22.3. The van der Waals surface area contributed by atoms with Gasteiger partial charge in [-0.05, 0) is 48.0 Å². The minimum Gasteiger partial charge on any atom is -0.480 e. The molecule has 5 nitrogen and oxygen atoms in total. The lowest BCUT2D eigenvalue weighted by atomic mass is 10.2. The van der Waals surface area contributed by atoms with Crippen molar-refractivity contribution < 1.29 is 19.4 Å². The van der Waals surface area contributed by atoms with E-state index in [-0.39, 0.29) is 11.5 Å². The van der Waals surface area contributed by atoms with Crippen molar-refractivity contribution >= 4 is 27.8 Å². The van der Waals surface area contributed by atoms with Crippen molar-refractivity contribution in [1.29, 1.82) is 0 Å². The van der Waals surface area contributed by atoms with Gasteiger partial charge < -0.3 is 15.2 Å². The number of hydrogen-bond acceptors (Lipinski definition) is 3. The number of nitrogens with one attached hydrogen (secondary N) is 1. The molecule has 0 heterocycles. The molecule has 0 saturated heterocycles. The number of aromatic carboxylic acids is 1. The summed E-state index contributed by atoms with van der Waals surface area (Å²) in [5, 5.41) is 11.5. The molecule has 6 heteroatoms. The van der Waals surface area contributed by atoms with Crippen molar-refractivity contribution in [3.8, 4) is 5.75 Å². The molecule has 0 aliphatic carbocycles. The van der Waals surface area contributed by atoms with Crippen LogP contribution in [0, 0.1) is 0 Å². The number of ether oxygens (including phenoxy) is 1. The maximum Gasteiger partial charge on any atom is 0.335 e. The van der Waals surface area contributed by atoms with Crippen LogP contribution in [0.15, 0.2) is 22.7 Å². The molecule has 1 atom stereocenters. The van der Waals surface area contributed by atoms with Gasteiger partial charge >= 0.3 is 5.97 Å². The molecular formula is C12H14BrNO4. The van der Waals surface area contributed by atoms with E-state index in [0.29, 0.717) is 16.8 Å². The Hall–Kier alpha value is -1.56. The van der Waals surface area contributed by atoms with E-state index in [2.05, 4.69) is 21.2 Å². The minimum absolute atomic E-state index is 0.108. The molecule has 0 bridgehead atoms. The molecule has 0 aliphatic heterocycles. The highest BCUT2D eigenvalue weighted by Gasteiger charge is 2.16. The van der Waals surface area contributed by atoms with Gasteiger partial charge in [-0.2, -0.15) is 0 Å². The number of benzene rings is 1. The van der Waals surface area contributed by atoms with E-state index in [0.717, 1.165) is 0 Å². The van der Waals surface area contributed by atoms with Gasteiger partial charge in [-0.25, -0.2) is 4.79 Å². The average molecular weight is 316 g/mol. The number of rotatable bonds is 5. The molecule has 0 saturated carbocycles. The van der Waals surface area contributed by atoms with Gasteiger partial charge in [-0.1, -0.05) is 0 Å². The van der Waals surface area contributed by atoms with E-state index in [4.69, 9.17) is 9.84 Å². The Morgan fingerprint density at radius 3 is 2.72 bits per heavy atom. The Labute approximate surface area is 113 Å². The number of carbonyl (C=O) groups excluding carboxylic acids is 1. The van der Waals surface area contributed by atoms with Crippen molar-refractivity contribution in [2.75, 3.05) is 6.54 Å². The van der Waals surface area contributed by atoms with E-state index in [1.54, 1.807) is 13.0 Å². The molecule has 1 unspecified atom stereocenters. The Morgan fingerprint density at radius 1 is 1.50 bits per heavy atom. The Balaban J connectivity index is 2.86. The molecule has 1 amide bonds. The topological polar surface area (TPSA) is 75.6 Å². The Kier molecular flexibility index (Phi) is 5.15. The third-order valence-electron chi connectivity index (χ3n) is 2.20. The lowest BCUT2D eigenvalue weighted by Gasteiger charge is -2.15. The molecule has 1 aromatic rings. The molecule has 0 aromatic heterocycles. The monoisotopic (exact) mass is 315 g/mol. The van der Waals surface area contributed by atoms with Crippen LogP contribution in [0.3, 0.4) is 0 Å². The summed E-state index contributed by atoms with van der Waals surface area (Å²) in [5.41, 5.74) is 0.108. The van der Waals surface area contributed by atoms with Crippen molar-refractivity contribution in [2.24, 2.45) is 0 Å². The largest absolute Gasteiger partial charge is 0.480 e. The highest BCUT2D eigenvalue weighted by molar-refractivity contribution is 9.10. The van der Waals surface area contributed by atoms with Crippen LogP contribution in [-0.4, -0.2) is 29.6 Å². The Morgan fingerprint density at radius 2 is 2.17 bits per heavy atom. The summed E-state index contributed by atoms with van der Waals surface area (Å²) >= 11 is 3.25. The lowest BCUT2D eigenvalue weighted by Crippen LogP contribution is -2.36. The zero-order valence-corrected chi connectivity index (χ0v) is 11.7. The van der Waals surface area contributed by atoms with Gasteiger partial charge in [0.05, 0.1) is 10.0 Å². The molecule has 1 rings (SSSR count). The first kappa shape index (κ1) is 14.5. The highest BCUT2D eigenvalue weighted by Crippen LogP contribution is 2.27. The maximum atomic E-state index is 11.5. The van der Waals surface area contributed by atoms with Gasteiger partial charge in [0.1, 0.15) is 5.75 Å². The molecule has 1 aromatic carbocycles. The number of halogens is 1. The summed E-state index contributed by atoms with van der Waals surface area (Å²) < 4.78 is 6.03. The molecule has 0 aliphatic rings. The second-order valence-electron chi connectivity index (χ2n) is 3.61. The Bertz CT molecular complexity index is 461. The van der Waals surface area contributed by atoms with Crippen LogP contribution in [0.5, 0.6) is 5.75 Å². The van der Waals surface area contributed by atoms with Gasteiger partial charge in [0.2, 0.25) is 0 Å². The van der Waals surface area contributed by atoms with Crippen LogP contribution in [0.4, 0.5) is 0 Å². The number of carboxylic acid groups (broad SMARTS) is 1. The van der Waals surface area contributed by atoms with Crippen LogP contribution in [0.2, 0.25) is 0 Å². The fourth-order valence-electron chi connectivity index (χ4n) is 1.29. The second kappa shape index (κ2) is 6.39. The predicted molar refractivity (Wildman–Crippen MR) is 69.9 cm³/mol. The quantitative estimate of drug-likeness (QED) is 0.872. The number of amides is 1. The summed E-state index contributed by atoms with van der Waals surface area (Å²) in [5.74, 6) is -0.961. The third-order valence-corrected chi connectivity index (χ3v) is 2.86. The first-order chi connectivity index (χ1) is 8.45. The number of likely N-dealkylation sites (N-methyl/N-ethyl adjacent to an activating group) is 1. The summed E-state index contributed by atoms with van der Waals surface area (Å²) in [6, 6.07) is 4.40. The number of hydrogen-bond donors (Lipinski definition) is 2. The summed E-state index contributed by atoms with van der Waals surface area (Å²) in [6.45, 7) is 3.93. The zero-order chi connectivity index (χ0) is 13.7. The van der Waals surface area contributed by atoms with Crippen LogP contribution in [0.25, 0.3) is 0 Å². The van der Waals surface area contributed by atoms with E-state index >= 15 is 0 Å². The van der Waals surface area contributed by atoms with Crippen LogP contribution >= 0.6 is 15.9 Å². The minimum atomic E-state index is -1.04. The summed E-state index contributed by atoms with van der Waals surface area (Å²) in [7, 11) is 0. The van der Waals surface area contributed by atoms with Crippen molar-refractivity contribution in [2.45, 2.75) is 20.0 Å². The van der Waals surface area contributed by atoms with E-state index in [1.165, 1.54) is 12.1 Å². The lowest BCUT2D eigenvalue weighted by molar-refractivity contribution is -0.127. The molecule has 98 valence electrons. The zero-order valence-electron chi connectivity index (χ0n) is 10.1. The fraction of sp³-hybridized carbons (Fsp3) is 0.333. The summed E-state index contributed by atoms with van der Waals surface area (Å²) in [6.07, 6.45) is -0.690. The average Bonchev–Trinajstić information content (AvgIpc) is 2.31. The van der Waals surface area contributed by atoms with Gasteiger partial charge in [-0.15, -0.1) is 0 Å². The van der Waals surface area contributed by atoms with Gasteiger partial charge in [0.25, 0.3) is 5.91 Å². The second-order valence-corrected chi connectivity index (χ2v) is 4.46. The van der Waals surface area contributed by atoms with E-state index < -0.39 is 12.1 Å².